The van der Waals surface area contributed by atoms with Crippen molar-refractivity contribution >= 4 is 28.7 Å². The Balaban J connectivity index is 2.12. The van der Waals surface area contributed by atoms with Gasteiger partial charge in [0.05, 0.1) is 27.2 Å². The number of non-ortho nitro benzene ring substituents is 1. The van der Waals surface area contributed by atoms with Crippen LogP contribution in [-0.4, -0.2) is 26.6 Å². The molecule has 0 radical (unpaired) electrons. The molecule has 0 saturated heterocycles. The van der Waals surface area contributed by atoms with E-state index < -0.39 is 27.2 Å². The maximum atomic E-state index is 11.6. The number of hydrogen-bond acceptors (Lipinski definition) is 7. The molecule has 150 valence electrons. The van der Waals surface area contributed by atoms with Gasteiger partial charge in [0, 0.05) is 17.2 Å². The van der Waals surface area contributed by atoms with Crippen molar-refractivity contribution in [3.8, 4) is 0 Å². The summed E-state index contributed by atoms with van der Waals surface area (Å²) < 4.78 is 0. The summed E-state index contributed by atoms with van der Waals surface area (Å²) in [7, 11) is 0. The molecule has 10 heteroatoms. The number of nitro benzene ring substituents is 2. The minimum atomic E-state index is -1.16. The molecule has 0 saturated carbocycles. The van der Waals surface area contributed by atoms with Gasteiger partial charge in [-0.05, 0) is 12.1 Å². The lowest BCUT2D eigenvalue weighted by molar-refractivity contribution is -0.393. The Morgan fingerprint density at radius 1 is 0.867 bits per heavy atom. The number of nitro groups is 2. The molecule has 0 bridgehead atoms. The quantitative estimate of drug-likeness (QED) is 0.341. The van der Waals surface area contributed by atoms with Crippen LogP contribution in [0.15, 0.2) is 77.9 Å². The number of hydrogen-bond donors (Lipinski definition) is 2. The molecule has 0 aliphatic heterocycles. The number of rotatable bonds is 7. The van der Waals surface area contributed by atoms with Gasteiger partial charge in [0.1, 0.15) is 5.69 Å². The Hall–Kier alpha value is -4.60. The lowest BCUT2D eigenvalue weighted by atomic mass is 9.97. The summed E-state index contributed by atoms with van der Waals surface area (Å²) in [5.41, 5.74) is 2.62. The largest absolute Gasteiger partial charge is 0.478 e. The number of benzene rings is 3. The van der Waals surface area contributed by atoms with E-state index in [2.05, 4.69) is 10.5 Å². The van der Waals surface area contributed by atoms with Gasteiger partial charge in [-0.1, -0.05) is 48.5 Å². The third-order valence-corrected chi connectivity index (χ3v) is 4.14. The van der Waals surface area contributed by atoms with Crippen molar-refractivity contribution in [1.29, 1.82) is 0 Å². The highest BCUT2D eigenvalue weighted by Crippen LogP contribution is 2.29. The zero-order valence-electron chi connectivity index (χ0n) is 15.3. The molecule has 0 aliphatic carbocycles. The highest BCUT2D eigenvalue weighted by molar-refractivity contribution is 6.17. The summed E-state index contributed by atoms with van der Waals surface area (Å²) in [4.78, 5) is 32.4. The molecule has 3 rings (SSSR count). The van der Waals surface area contributed by atoms with Gasteiger partial charge in [-0.25, -0.2) is 4.79 Å². The van der Waals surface area contributed by atoms with Crippen molar-refractivity contribution in [3.63, 3.8) is 0 Å². The molecule has 0 fully saturated rings. The second kappa shape index (κ2) is 8.61. The zero-order chi connectivity index (χ0) is 21.7. The Morgan fingerprint density at radius 3 is 2.10 bits per heavy atom. The second-order valence-electron chi connectivity index (χ2n) is 6.00. The predicted molar refractivity (Wildman–Crippen MR) is 109 cm³/mol. The van der Waals surface area contributed by atoms with Crippen LogP contribution >= 0.6 is 0 Å². The van der Waals surface area contributed by atoms with E-state index in [1.54, 1.807) is 48.5 Å². The monoisotopic (exact) mass is 406 g/mol. The highest BCUT2D eigenvalue weighted by Gasteiger charge is 2.20. The van der Waals surface area contributed by atoms with E-state index >= 15 is 0 Å². The second-order valence-corrected chi connectivity index (χ2v) is 6.00. The van der Waals surface area contributed by atoms with Gasteiger partial charge in [-0.2, -0.15) is 5.10 Å². The van der Waals surface area contributed by atoms with Crippen molar-refractivity contribution in [3.05, 3.63) is 110 Å². The van der Waals surface area contributed by atoms with Crippen LogP contribution in [0.3, 0.4) is 0 Å². The number of carboxylic acids is 1. The molecule has 0 unspecified atom stereocenters. The summed E-state index contributed by atoms with van der Waals surface area (Å²) >= 11 is 0. The van der Waals surface area contributed by atoms with Crippen LogP contribution < -0.4 is 5.43 Å². The van der Waals surface area contributed by atoms with Gasteiger partial charge in [0.2, 0.25) is 0 Å². The van der Waals surface area contributed by atoms with Crippen LogP contribution in [0, 0.1) is 20.2 Å². The van der Waals surface area contributed by atoms with Crippen molar-refractivity contribution in [2.24, 2.45) is 5.10 Å². The van der Waals surface area contributed by atoms with Crippen LogP contribution in [0.4, 0.5) is 17.1 Å². The maximum Gasteiger partial charge on any atom is 0.336 e. The van der Waals surface area contributed by atoms with Crippen molar-refractivity contribution < 1.29 is 19.7 Å². The van der Waals surface area contributed by atoms with Gasteiger partial charge < -0.3 is 5.11 Å². The lowest BCUT2D eigenvalue weighted by Crippen LogP contribution is -2.12. The first kappa shape index (κ1) is 20.1. The molecule has 2 N–H and O–H groups in total. The topological polar surface area (TPSA) is 148 Å². The van der Waals surface area contributed by atoms with E-state index in [1.807, 2.05) is 0 Å². The van der Waals surface area contributed by atoms with Gasteiger partial charge >= 0.3 is 11.7 Å². The molecule has 3 aromatic carbocycles. The number of nitrogens with zero attached hydrogens (tertiary/aromatic N) is 3. The van der Waals surface area contributed by atoms with E-state index in [4.69, 9.17) is 0 Å². The van der Waals surface area contributed by atoms with Crippen molar-refractivity contribution in [2.45, 2.75) is 0 Å². The fourth-order valence-corrected chi connectivity index (χ4v) is 2.75. The Morgan fingerprint density at radius 2 is 1.50 bits per heavy atom. The van der Waals surface area contributed by atoms with E-state index in [9.17, 15) is 30.1 Å². The first-order valence-electron chi connectivity index (χ1n) is 8.53. The number of anilines is 1. The van der Waals surface area contributed by atoms with Crippen molar-refractivity contribution in [2.75, 3.05) is 5.43 Å². The van der Waals surface area contributed by atoms with Crippen LogP contribution in [0.5, 0.6) is 0 Å². The smallest absolute Gasteiger partial charge is 0.336 e. The molecule has 0 aliphatic rings. The van der Waals surface area contributed by atoms with Gasteiger partial charge in [0.25, 0.3) is 5.69 Å². The van der Waals surface area contributed by atoms with E-state index in [1.165, 1.54) is 12.1 Å². The average Bonchev–Trinajstić information content (AvgIpc) is 2.74. The normalized spacial score (nSPS) is 11.0. The lowest BCUT2D eigenvalue weighted by Gasteiger charge is -2.11. The molecular formula is C20H14N4O6. The summed E-state index contributed by atoms with van der Waals surface area (Å²) in [5, 5.41) is 36.0. The predicted octanol–water partition coefficient (Wildman–Crippen LogP) is 4.07. The SMILES string of the molecule is O=C(O)c1ccccc1/C(=N/Nc1ccc([N+](=O)[O-])cc1[N+](=O)[O-])c1ccccc1. The zero-order valence-corrected chi connectivity index (χ0v) is 15.3. The summed E-state index contributed by atoms with van der Waals surface area (Å²) in [6.07, 6.45) is 0. The van der Waals surface area contributed by atoms with Gasteiger partial charge in [-0.15, -0.1) is 0 Å². The van der Waals surface area contributed by atoms with Gasteiger partial charge in [0.15, 0.2) is 0 Å². The molecule has 0 atom stereocenters. The molecule has 3 aromatic rings. The molecule has 0 spiro atoms. The molecule has 0 amide bonds. The summed E-state index contributed by atoms with van der Waals surface area (Å²) in [6.45, 7) is 0. The van der Waals surface area contributed by atoms with Crippen LogP contribution in [0.25, 0.3) is 0 Å². The number of carboxylic acid groups (broad SMARTS) is 1. The first-order chi connectivity index (χ1) is 14.4. The molecular weight excluding hydrogens is 392 g/mol. The first-order valence-corrected chi connectivity index (χ1v) is 8.53. The minimum absolute atomic E-state index is 0.0000947. The molecule has 10 nitrogen and oxygen atoms in total. The van der Waals surface area contributed by atoms with Crippen LogP contribution in [-0.2, 0) is 0 Å². The van der Waals surface area contributed by atoms with Crippen molar-refractivity contribution in [1.82, 2.24) is 0 Å². The standard InChI is InChI=1S/C20H14N4O6/c25-20(26)16-9-5-4-8-15(16)19(13-6-2-1-3-7-13)22-21-17-11-10-14(23(27)28)12-18(17)24(29)30/h1-12,21H,(H,25,26)/b22-19+. The highest BCUT2D eigenvalue weighted by atomic mass is 16.6. The van der Waals surface area contributed by atoms with E-state index in [0.29, 0.717) is 11.1 Å². The third kappa shape index (κ3) is 4.28. The number of hydrazone groups is 1. The fraction of sp³-hybridized carbons (Fsp3) is 0. The van der Waals surface area contributed by atoms with Crippen LogP contribution in [0.1, 0.15) is 21.5 Å². The Bertz CT molecular complexity index is 1160. The number of carbonyl (C=O) groups is 1. The fourth-order valence-electron chi connectivity index (χ4n) is 2.75. The number of nitrogens with one attached hydrogen (secondary N) is 1. The molecule has 30 heavy (non-hydrogen) atoms. The average molecular weight is 406 g/mol. The van der Waals surface area contributed by atoms with E-state index in [0.717, 1.165) is 12.1 Å². The molecule has 0 aromatic heterocycles. The van der Waals surface area contributed by atoms with Crippen LogP contribution in [0.2, 0.25) is 0 Å². The Labute approximate surface area is 169 Å². The maximum absolute atomic E-state index is 11.6. The Kier molecular flexibility index (Phi) is 5.78. The number of aromatic carboxylic acids is 1. The van der Waals surface area contributed by atoms with Gasteiger partial charge in [-0.3, -0.25) is 25.7 Å². The van der Waals surface area contributed by atoms with E-state index in [-0.39, 0.29) is 17.0 Å². The third-order valence-electron chi connectivity index (χ3n) is 4.14. The summed E-state index contributed by atoms with van der Waals surface area (Å²) in [6, 6.07) is 18.0. The molecule has 0 heterocycles. The summed E-state index contributed by atoms with van der Waals surface area (Å²) in [5.74, 6) is -1.16. The minimum Gasteiger partial charge on any atom is -0.478 e.